The molecule has 2 nitrogen and oxygen atoms in total. The molecule has 110 valence electrons. The van der Waals surface area contributed by atoms with Crippen molar-refractivity contribution in [1.82, 2.24) is 0 Å². The minimum absolute atomic E-state index is 0.794. The van der Waals surface area contributed by atoms with Gasteiger partial charge in [0.05, 0.1) is 0 Å². The predicted molar refractivity (Wildman–Crippen MR) is 85.8 cm³/mol. The number of hydrogen-bond donors (Lipinski definition) is 1. The van der Waals surface area contributed by atoms with Crippen molar-refractivity contribution in [1.29, 1.82) is 0 Å². The van der Waals surface area contributed by atoms with Crippen molar-refractivity contribution in [2.75, 3.05) is 19.0 Å². The van der Waals surface area contributed by atoms with E-state index in [1.54, 1.807) is 0 Å². The maximum atomic E-state index is 5.97. The third-order valence-electron chi connectivity index (χ3n) is 3.32. The molecule has 0 aromatic heterocycles. The van der Waals surface area contributed by atoms with Crippen LogP contribution in [0.2, 0.25) is 12.1 Å². The monoisotopic (exact) mass is 292 g/mol. The summed E-state index contributed by atoms with van der Waals surface area (Å²) in [6, 6.07) is 2.24. The SMILES string of the molecule is CCO[Si](CC)(CCCCCCCCS)OCC. The second-order valence-electron chi connectivity index (χ2n) is 4.73. The van der Waals surface area contributed by atoms with E-state index in [4.69, 9.17) is 8.85 Å². The molecule has 4 heteroatoms. The van der Waals surface area contributed by atoms with Gasteiger partial charge in [-0.2, -0.15) is 12.6 Å². The van der Waals surface area contributed by atoms with E-state index in [0.717, 1.165) is 31.1 Å². The van der Waals surface area contributed by atoms with Gasteiger partial charge < -0.3 is 8.85 Å². The summed E-state index contributed by atoms with van der Waals surface area (Å²) in [5.74, 6) is 1.03. The molecular weight excluding hydrogens is 260 g/mol. The molecule has 0 aromatic carbocycles. The summed E-state index contributed by atoms with van der Waals surface area (Å²) in [5.41, 5.74) is 0. The van der Waals surface area contributed by atoms with E-state index in [1.807, 2.05) is 0 Å². The van der Waals surface area contributed by atoms with E-state index in [2.05, 4.69) is 33.4 Å². The van der Waals surface area contributed by atoms with Crippen LogP contribution in [0, 0.1) is 0 Å². The molecule has 0 aliphatic rings. The second kappa shape index (κ2) is 12.5. The average Bonchev–Trinajstić information content (AvgIpc) is 2.38. The highest BCUT2D eigenvalue weighted by Crippen LogP contribution is 2.22. The van der Waals surface area contributed by atoms with Gasteiger partial charge in [0.2, 0.25) is 0 Å². The van der Waals surface area contributed by atoms with Gasteiger partial charge >= 0.3 is 8.56 Å². The molecule has 0 radical (unpaired) electrons. The van der Waals surface area contributed by atoms with Crippen LogP contribution in [0.15, 0.2) is 0 Å². The Labute approximate surface area is 120 Å². The summed E-state index contributed by atoms with van der Waals surface area (Å²) in [6.07, 6.45) is 7.87. The van der Waals surface area contributed by atoms with Crippen LogP contribution < -0.4 is 0 Å². The molecule has 0 aromatic rings. The Hall–Kier alpha value is 0.487. The fourth-order valence-electron chi connectivity index (χ4n) is 2.31. The number of hydrogen-bond acceptors (Lipinski definition) is 3. The van der Waals surface area contributed by atoms with Crippen molar-refractivity contribution in [3.63, 3.8) is 0 Å². The summed E-state index contributed by atoms with van der Waals surface area (Å²) in [6.45, 7) is 7.95. The molecule has 0 aliphatic carbocycles. The Morgan fingerprint density at radius 2 is 1.28 bits per heavy atom. The Balaban J connectivity index is 3.75. The summed E-state index contributed by atoms with van der Waals surface area (Å²) in [5, 5.41) is 0. The molecule has 0 saturated heterocycles. The molecule has 0 fully saturated rings. The van der Waals surface area contributed by atoms with Crippen LogP contribution >= 0.6 is 12.6 Å². The van der Waals surface area contributed by atoms with Crippen LogP contribution in [0.4, 0.5) is 0 Å². The summed E-state index contributed by atoms with van der Waals surface area (Å²) >= 11 is 4.23. The number of rotatable bonds is 13. The Morgan fingerprint density at radius 3 is 1.72 bits per heavy atom. The first-order valence-electron chi connectivity index (χ1n) is 7.63. The van der Waals surface area contributed by atoms with Crippen molar-refractivity contribution in [2.24, 2.45) is 0 Å². The Morgan fingerprint density at radius 1 is 0.778 bits per heavy atom. The van der Waals surface area contributed by atoms with E-state index < -0.39 is 8.56 Å². The molecule has 0 amide bonds. The van der Waals surface area contributed by atoms with Crippen molar-refractivity contribution in [3.05, 3.63) is 0 Å². The van der Waals surface area contributed by atoms with Crippen molar-refractivity contribution in [2.45, 2.75) is 71.4 Å². The molecule has 0 atom stereocenters. The van der Waals surface area contributed by atoms with E-state index in [1.165, 1.54) is 38.5 Å². The fourth-order valence-corrected chi connectivity index (χ4v) is 5.50. The van der Waals surface area contributed by atoms with Crippen molar-refractivity contribution in [3.8, 4) is 0 Å². The minimum atomic E-state index is -1.86. The zero-order valence-electron chi connectivity index (χ0n) is 12.5. The fraction of sp³-hybridized carbons (Fsp3) is 1.00. The molecular formula is C14H32O2SSi. The molecule has 0 bridgehead atoms. The van der Waals surface area contributed by atoms with Gasteiger partial charge in [0.15, 0.2) is 0 Å². The first kappa shape index (κ1) is 18.5. The molecule has 0 spiro atoms. The molecule has 0 saturated carbocycles. The smallest absolute Gasteiger partial charge is 0.337 e. The Kier molecular flexibility index (Phi) is 12.9. The van der Waals surface area contributed by atoms with Gasteiger partial charge in [-0.1, -0.05) is 39.0 Å². The first-order chi connectivity index (χ1) is 8.74. The Bertz CT molecular complexity index is 173. The van der Waals surface area contributed by atoms with Crippen LogP contribution in [0.1, 0.15) is 59.3 Å². The van der Waals surface area contributed by atoms with Gasteiger partial charge in [0, 0.05) is 13.2 Å². The molecule has 0 unspecified atom stereocenters. The molecule has 0 rings (SSSR count). The lowest BCUT2D eigenvalue weighted by atomic mass is 10.1. The normalized spacial score (nSPS) is 12.0. The molecule has 0 heterocycles. The second-order valence-corrected chi connectivity index (χ2v) is 8.78. The quantitative estimate of drug-likeness (QED) is 0.299. The lowest BCUT2D eigenvalue weighted by molar-refractivity contribution is 0.182. The molecule has 0 aliphatic heterocycles. The lowest BCUT2D eigenvalue weighted by Gasteiger charge is -2.28. The molecule has 18 heavy (non-hydrogen) atoms. The highest BCUT2D eigenvalue weighted by Gasteiger charge is 2.33. The largest absolute Gasteiger partial charge is 0.394 e. The summed E-state index contributed by atoms with van der Waals surface area (Å²) in [7, 11) is -1.86. The van der Waals surface area contributed by atoms with Gasteiger partial charge in [0.25, 0.3) is 0 Å². The minimum Gasteiger partial charge on any atom is -0.394 e. The summed E-state index contributed by atoms with van der Waals surface area (Å²) in [4.78, 5) is 0. The van der Waals surface area contributed by atoms with Crippen LogP contribution in [0.25, 0.3) is 0 Å². The predicted octanol–water partition coefficient (Wildman–Crippen LogP) is 4.79. The third-order valence-corrected chi connectivity index (χ3v) is 7.46. The van der Waals surface area contributed by atoms with Gasteiger partial charge in [-0.15, -0.1) is 0 Å². The van der Waals surface area contributed by atoms with Gasteiger partial charge in [-0.25, -0.2) is 0 Å². The zero-order chi connectivity index (χ0) is 13.7. The average molecular weight is 293 g/mol. The highest BCUT2D eigenvalue weighted by atomic mass is 32.1. The first-order valence-corrected chi connectivity index (χ1v) is 10.5. The van der Waals surface area contributed by atoms with Gasteiger partial charge in [0.1, 0.15) is 0 Å². The lowest BCUT2D eigenvalue weighted by Crippen LogP contribution is -2.41. The van der Waals surface area contributed by atoms with Crippen molar-refractivity contribution >= 4 is 21.2 Å². The molecule has 0 N–H and O–H groups in total. The van der Waals surface area contributed by atoms with E-state index >= 15 is 0 Å². The third kappa shape index (κ3) is 8.56. The van der Waals surface area contributed by atoms with E-state index in [-0.39, 0.29) is 0 Å². The van der Waals surface area contributed by atoms with Crippen LogP contribution in [-0.4, -0.2) is 27.5 Å². The van der Waals surface area contributed by atoms with Crippen molar-refractivity contribution < 1.29 is 8.85 Å². The van der Waals surface area contributed by atoms with Crippen LogP contribution in [-0.2, 0) is 8.85 Å². The number of unbranched alkanes of at least 4 members (excludes halogenated alkanes) is 5. The van der Waals surface area contributed by atoms with Gasteiger partial charge in [-0.3, -0.25) is 0 Å². The summed E-state index contributed by atoms with van der Waals surface area (Å²) < 4.78 is 11.9. The van der Waals surface area contributed by atoms with Gasteiger partial charge in [-0.05, 0) is 38.1 Å². The van der Waals surface area contributed by atoms with E-state index in [0.29, 0.717) is 0 Å². The standard InChI is InChI=1S/C14H32O2SSi/c1-4-15-18(6-3,16-5-2)14-12-10-8-7-9-11-13-17/h17H,4-14H2,1-3H3. The highest BCUT2D eigenvalue weighted by molar-refractivity contribution is 7.80. The maximum Gasteiger partial charge on any atom is 0.337 e. The van der Waals surface area contributed by atoms with Crippen LogP contribution in [0.3, 0.4) is 0 Å². The number of thiol groups is 1. The topological polar surface area (TPSA) is 18.5 Å². The van der Waals surface area contributed by atoms with E-state index in [9.17, 15) is 0 Å². The maximum absolute atomic E-state index is 5.97. The van der Waals surface area contributed by atoms with Crippen LogP contribution in [0.5, 0.6) is 0 Å². The zero-order valence-corrected chi connectivity index (χ0v) is 14.4.